The molecule has 4 rings (SSSR count). The molecule has 2 heterocycles. The number of methoxy groups -OCH3 is 1. The van der Waals surface area contributed by atoms with Crippen molar-refractivity contribution in [1.82, 2.24) is 20.2 Å². The maximum absolute atomic E-state index is 5.97. The maximum Gasteiger partial charge on any atom is 0.161 e. The van der Waals surface area contributed by atoms with Crippen LogP contribution >= 0.6 is 0 Å². The number of nitrogens with one attached hydrogen (secondary N) is 2. The predicted molar refractivity (Wildman–Crippen MR) is 121 cm³/mol. The van der Waals surface area contributed by atoms with Crippen LogP contribution in [0.3, 0.4) is 0 Å². The van der Waals surface area contributed by atoms with E-state index in [1.807, 2.05) is 24.3 Å². The molecule has 0 unspecified atom stereocenters. The van der Waals surface area contributed by atoms with Gasteiger partial charge in [0.1, 0.15) is 18.3 Å². The summed E-state index contributed by atoms with van der Waals surface area (Å²) in [4.78, 5) is 15.0. The topological polar surface area (TPSA) is 74.8 Å². The zero-order valence-electron chi connectivity index (χ0n) is 17.9. The summed E-state index contributed by atoms with van der Waals surface area (Å²) in [5.74, 6) is 3.20. The number of H-pyrrole nitrogens is 1. The van der Waals surface area contributed by atoms with Crippen LogP contribution in [-0.2, 0) is 0 Å². The number of aromatic nitrogens is 2. The lowest BCUT2D eigenvalue weighted by atomic mass is 10.2. The Bertz CT molecular complexity index is 1040. The Balaban J connectivity index is 1.53. The Hall–Kier alpha value is -3.06. The summed E-state index contributed by atoms with van der Waals surface area (Å²) in [7, 11) is 1.66. The van der Waals surface area contributed by atoms with Crippen LogP contribution in [0.25, 0.3) is 22.4 Å². The lowest BCUT2D eigenvalue weighted by molar-refractivity contribution is 0.217. The Labute approximate surface area is 177 Å². The lowest BCUT2D eigenvalue weighted by Gasteiger charge is -2.18. The average Bonchev–Trinajstić information content (AvgIpc) is 3.46. The first-order chi connectivity index (χ1) is 14.7. The number of hydrogen-bond donors (Lipinski definition) is 2. The monoisotopic (exact) mass is 407 g/mol. The predicted octanol–water partition coefficient (Wildman–Crippen LogP) is 3.31. The Morgan fingerprint density at radius 3 is 2.60 bits per heavy atom. The Kier molecular flexibility index (Phi) is 6.18. The number of aliphatic imine (C=N–C) groups is 1. The zero-order chi connectivity index (χ0) is 20.9. The molecule has 7 nitrogen and oxygen atoms in total. The van der Waals surface area contributed by atoms with Crippen molar-refractivity contribution in [3.05, 3.63) is 42.0 Å². The highest BCUT2D eigenvalue weighted by molar-refractivity contribution is 6.02. The van der Waals surface area contributed by atoms with E-state index >= 15 is 0 Å². The third-order valence-electron chi connectivity index (χ3n) is 5.43. The quantitative estimate of drug-likeness (QED) is 0.569. The van der Waals surface area contributed by atoms with E-state index in [2.05, 4.69) is 46.2 Å². The highest BCUT2D eigenvalue weighted by atomic mass is 16.5. The van der Waals surface area contributed by atoms with Gasteiger partial charge < -0.3 is 24.7 Å². The van der Waals surface area contributed by atoms with Gasteiger partial charge in [0.2, 0.25) is 0 Å². The number of imidazole rings is 1. The normalized spacial score (nSPS) is 13.5. The molecule has 7 heteroatoms. The van der Waals surface area contributed by atoms with E-state index in [1.165, 1.54) is 0 Å². The second-order valence-electron chi connectivity index (χ2n) is 7.22. The van der Waals surface area contributed by atoms with E-state index < -0.39 is 0 Å². The number of nitrogens with zero attached hydrogens (tertiary/aromatic N) is 3. The van der Waals surface area contributed by atoms with Crippen LogP contribution in [0, 0.1) is 0 Å². The first kappa shape index (κ1) is 20.2. The molecule has 1 aliphatic heterocycles. The fraction of sp³-hybridized carbons (Fsp3) is 0.391. The molecule has 0 saturated carbocycles. The van der Waals surface area contributed by atoms with Crippen molar-refractivity contribution in [2.45, 2.75) is 13.8 Å². The molecule has 0 atom stereocenters. The van der Waals surface area contributed by atoms with Gasteiger partial charge in [0.15, 0.2) is 11.5 Å². The van der Waals surface area contributed by atoms with Crippen LogP contribution in [0.4, 0.5) is 0 Å². The molecule has 1 aliphatic rings. The second-order valence-corrected chi connectivity index (χ2v) is 7.22. The third-order valence-corrected chi connectivity index (χ3v) is 5.43. The molecule has 1 aromatic heterocycles. The maximum atomic E-state index is 5.97. The average molecular weight is 408 g/mol. The molecule has 0 fully saturated rings. The molecule has 2 N–H and O–H groups in total. The van der Waals surface area contributed by atoms with Gasteiger partial charge in [0, 0.05) is 24.2 Å². The largest absolute Gasteiger partial charge is 0.493 e. The summed E-state index contributed by atoms with van der Waals surface area (Å²) in [6, 6.07) is 12.1. The number of likely N-dealkylation sites (N-methyl/N-ethyl adjacent to an activating group) is 1. The molecule has 3 aromatic rings. The first-order valence-electron chi connectivity index (χ1n) is 10.5. The summed E-state index contributed by atoms with van der Waals surface area (Å²) in [6.07, 6.45) is 0. The standard InChI is InChI=1S/C23H29N5O2/c1-4-28(5-2)12-13-30-20-9-7-17(15-21(20)29-3)23-26-18-8-6-16(14-19(18)27-23)22-24-10-11-25-22/h6-9,14-15H,4-5,10-13H2,1-3H3,(H,24,25)(H,26,27). The molecule has 0 amide bonds. The van der Waals surface area contributed by atoms with E-state index in [4.69, 9.17) is 14.5 Å². The molecule has 0 bridgehead atoms. The number of benzene rings is 2. The van der Waals surface area contributed by atoms with Crippen molar-refractivity contribution < 1.29 is 9.47 Å². The Morgan fingerprint density at radius 2 is 1.87 bits per heavy atom. The summed E-state index contributed by atoms with van der Waals surface area (Å²) in [5.41, 5.74) is 3.94. The van der Waals surface area contributed by atoms with E-state index in [0.29, 0.717) is 12.4 Å². The van der Waals surface area contributed by atoms with E-state index in [-0.39, 0.29) is 0 Å². The van der Waals surface area contributed by atoms with Crippen LogP contribution in [0.5, 0.6) is 11.5 Å². The smallest absolute Gasteiger partial charge is 0.161 e. The van der Waals surface area contributed by atoms with Gasteiger partial charge in [0.05, 0.1) is 24.7 Å². The van der Waals surface area contributed by atoms with Crippen LogP contribution in [0.15, 0.2) is 41.4 Å². The van der Waals surface area contributed by atoms with E-state index in [1.54, 1.807) is 7.11 Å². The SMILES string of the molecule is CCN(CC)CCOc1ccc(-c2nc3ccc(C4=NCCN4)cc3[nH]2)cc1OC. The van der Waals surface area contributed by atoms with Gasteiger partial charge >= 0.3 is 0 Å². The molecular weight excluding hydrogens is 378 g/mol. The van der Waals surface area contributed by atoms with Crippen LogP contribution in [0.1, 0.15) is 19.4 Å². The second kappa shape index (κ2) is 9.17. The fourth-order valence-electron chi connectivity index (χ4n) is 3.64. The van der Waals surface area contributed by atoms with Crippen molar-refractivity contribution in [1.29, 1.82) is 0 Å². The van der Waals surface area contributed by atoms with Gasteiger partial charge in [-0.3, -0.25) is 4.99 Å². The molecule has 158 valence electrons. The lowest BCUT2D eigenvalue weighted by Crippen LogP contribution is -2.27. The van der Waals surface area contributed by atoms with Gasteiger partial charge in [-0.25, -0.2) is 4.98 Å². The molecule has 0 saturated heterocycles. The molecule has 30 heavy (non-hydrogen) atoms. The van der Waals surface area contributed by atoms with Crippen molar-refractivity contribution in [3.8, 4) is 22.9 Å². The summed E-state index contributed by atoms with van der Waals surface area (Å²) in [6.45, 7) is 9.60. The number of aromatic amines is 1. The Morgan fingerprint density at radius 1 is 1.03 bits per heavy atom. The minimum absolute atomic E-state index is 0.628. The number of fused-ring (bicyclic) bond motifs is 1. The van der Waals surface area contributed by atoms with Crippen LogP contribution in [-0.4, -0.2) is 67.1 Å². The highest BCUT2D eigenvalue weighted by Crippen LogP contribution is 2.32. The minimum Gasteiger partial charge on any atom is -0.493 e. The van der Waals surface area contributed by atoms with Crippen molar-refractivity contribution >= 4 is 16.9 Å². The van der Waals surface area contributed by atoms with E-state index in [9.17, 15) is 0 Å². The van der Waals surface area contributed by atoms with Crippen molar-refractivity contribution in [3.63, 3.8) is 0 Å². The van der Waals surface area contributed by atoms with Crippen molar-refractivity contribution in [2.75, 3.05) is 46.4 Å². The highest BCUT2D eigenvalue weighted by Gasteiger charge is 2.13. The van der Waals surface area contributed by atoms with Gasteiger partial charge in [-0.1, -0.05) is 13.8 Å². The number of hydrogen-bond acceptors (Lipinski definition) is 6. The van der Waals surface area contributed by atoms with E-state index in [0.717, 1.165) is 72.3 Å². The van der Waals surface area contributed by atoms with Gasteiger partial charge in [0.25, 0.3) is 0 Å². The molecule has 2 aromatic carbocycles. The summed E-state index contributed by atoms with van der Waals surface area (Å²) >= 11 is 0. The zero-order valence-corrected chi connectivity index (χ0v) is 17.9. The molecule has 0 aliphatic carbocycles. The molecule has 0 radical (unpaired) electrons. The van der Waals surface area contributed by atoms with Gasteiger partial charge in [-0.15, -0.1) is 0 Å². The van der Waals surface area contributed by atoms with Crippen LogP contribution < -0.4 is 14.8 Å². The molecular formula is C23H29N5O2. The van der Waals surface area contributed by atoms with Gasteiger partial charge in [-0.05, 0) is 49.5 Å². The van der Waals surface area contributed by atoms with Crippen molar-refractivity contribution in [2.24, 2.45) is 4.99 Å². The minimum atomic E-state index is 0.628. The van der Waals surface area contributed by atoms with Gasteiger partial charge in [-0.2, -0.15) is 0 Å². The molecule has 0 spiro atoms. The number of ether oxygens (including phenoxy) is 2. The summed E-state index contributed by atoms with van der Waals surface area (Å²) < 4.78 is 11.5. The fourth-order valence-corrected chi connectivity index (χ4v) is 3.64. The number of amidine groups is 1. The summed E-state index contributed by atoms with van der Waals surface area (Å²) in [5, 5.41) is 3.31. The first-order valence-corrected chi connectivity index (χ1v) is 10.5. The number of rotatable bonds is 9. The van der Waals surface area contributed by atoms with Crippen LogP contribution in [0.2, 0.25) is 0 Å². The third kappa shape index (κ3) is 4.26.